The first-order valence-corrected chi connectivity index (χ1v) is 10.5. The van der Waals surface area contributed by atoms with Gasteiger partial charge in [-0.15, -0.1) is 0 Å². The minimum Gasteiger partial charge on any atom is -0.493 e. The Hall–Kier alpha value is -2.43. The number of benzene rings is 3. The van der Waals surface area contributed by atoms with Gasteiger partial charge in [-0.3, -0.25) is 0 Å². The van der Waals surface area contributed by atoms with Crippen molar-refractivity contribution >= 4 is 37.6 Å². The van der Waals surface area contributed by atoms with E-state index in [9.17, 15) is 0 Å². The Kier molecular flexibility index (Phi) is 4.53. The van der Waals surface area contributed by atoms with Crippen LogP contribution in [-0.2, 0) is 13.0 Å². The minimum absolute atomic E-state index is 0.651. The van der Waals surface area contributed by atoms with Crippen LogP contribution in [0.5, 0.6) is 5.75 Å². The molecule has 0 unspecified atom stereocenters. The van der Waals surface area contributed by atoms with Crippen molar-refractivity contribution in [2.24, 2.45) is 0 Å². The van der Waals surface area contributed by atoms with Crippen molar-refractivity contribution in [2.45, 2.75) is 19.9 Å². The molecule has 4 aromatic rings. The van der Waals surface area contributed by atoms with Crippen LogP contribution in [0, 0.1) is 0 Å². The summed E-state index contributed by atoms with van der Waals surface area (Å²) in [5.41, 5.74) is 5.99. The number of rotatable bonds is 3. The topological polar surface area (TPSA) is 34.1 Å². The van der Waals surface area contributed by atoms with E-state index >= 15 is 0 Å². The predicted molar refractivity (Wildman–Crippen MR) is 119 cm³/mol. The van der Waals surface area contributed by atoms with E-state index in [1.807, 2.05) is 13.0 Å². The molecule has 5 rings (SSSR count). The van der Waals surface area contributed by atoms with E-state index in [4.69, 9.17) is 9.72 Å². The molecule has 4 heteroatoms. The van der Waals surface area contributed by atoms with Crippen LogP contribution in [-0.4, -0.2) is 18.1 Å². The molecule has 0 bridgehead atoms. The average molecular weight is 433 g/mol. The average Bonchev–Trinajstić information content (AvgIpc) is 2.74. The Morgan fingerprint density at radius 3 is 2.82 bits per heavy atom. The molecule has 1 aliphatic rings. The summed E-state index contributed by atoms with van der Waals surface area (Å²) in [6.45, 7) is 4.50. The summed E-state index contributed by atoms with van der Waals surface area (Å²) in [5, 5.41) is 7.41. The normalized spacial score (nSPS) is 13.6. The second-order valence-corrected chi connectivity index (χ2v) is 7.96. The zero-order chi connectivity index (χ0) is 19.1. The lowest BCUT2D eigenvalue weighted by Gasteiger charge is -2.23. The molecule has 1 N–H and O–H groups in total. The van der Waals surface area contributed by atoms with Crippen LogP contribution in [0.3, 0.4) is 0 Å². The van der Waals surface area contributed by atoms with Crippen LogP contribution in [0.25, 0.3) is 32.9 Å². The SMILES string of the molecule is CCOc1ccc(-c2nc3ccc4ccccc4c3c3c2CNCC3)cc1Br. The third-order valence-corrected chi connectivity index (χ3v) is 6.07. The predicted octanol–water partition coefficient (Wildman–Crippen LogP) is 5.86. The molecule has 3 aromatic carbocycles. The van der Waals surface area contributed by atoms with Crippen molar-refractivity contribution in [3.63, 3.8) is 0 Å². The Morgan fingerprint density at radius 2 is 1.96 bits per heavy atom. The van der Waals surface area contributed by atoms with Gasteiger partial charge in [0.2, 0.25) is 0 Å². The summed E-state index contributed by atoms with van der Waals surface area (Å²) in [7, 11) is 0. The monoisotopic (exact) mass is 432 g/mol. The summed E-state index contributed by atoms with van der Waals surface area (Å²) < 4.78 is 6.64. The zero-order valence-electron chi connectivity index (χ0n) is 15.8. The molecule has 0 atom stereocenters. The highest BCUT2D eigenvalue weighted by molar-refractivity contribution is 9.10. The molecule has 1 aromatic heterocycles. The van der Waals surface area contributed by atoms with Crippen LogP contribution in [0.2, 0.25) is 0 Å². The van der Waals surface area contributed by atoms with E-state index < -0.39 is 0 Å². The lowest BCUT2D eigenvalue weighted by molar-refractivity contribution is 0.338. The molecule has 2 heterocycles. The number of ether oxygens (including phenoxy) is 1. The van der Waals surface area contributed by atoms with Crippen LogP contribution in [0.4, 0.5) is 0 Å². The maximum atomic E-state index is 5.68. The fraction of sp³-hybridized carbons (Fsp3) is 0.208. The molecule has 0 radical (unpaired) electrons. The smallest absolute Gasteiger partial charge is 0.133 e. The summed E-state index contributed by atoms with van der Waals surface area (Å²) in [4.78, 5) is 5.12. The van der Waals surface area contributed by atoms with Crippen molar-refractivity contribution in [1.82, 2.24) is 10.3 Å². The molecule has 1 aliphatic heterocycles. The van der Waals surface area contributed by atoms with E-state index in [0.717, 1.165) is 46.5 Å². The molecule has 0 saturated heterocycles. The standard InChI is InChI=1S/C24H21BrN2O/c1-2-28-22-10-8-16(13-20(22)25)24-19-14-26-12-11-18(19)23-17-6-4-3-5-15(17)7-9-21(23)27-24/h3-10,13,26H,2,11-12,14H2,1H3. The Labute approximate surface area is 172 Å². The summed E-state index contributed by atoms with van der Waals surface area (Å²) in [6, 6.07) is 19.2. The Balaban J connectivity index is 1.79. The fourth-order valence-electron chi connectivity index (χ4n) is 4.20. The molecule has 28 heavy (non-hydrogen) atoms. The van der Waals surface area contributed by atoms with E-state index in [1.54, 1.807) is 0 Å². The number of halogens is 1. The molecule has 0 fully saturated rings. The fourth-order valence-corrected chi connectivity index (χ4v) is 4.70. The van der Waals surface area contributed by atoms with E-state index in [2.05, 4.69) is 69.8 Å². The lowest BCUT2D eigenvalue weighted by atomic mass is 9.90. The summed E-state index contributed by atoms with van der Waals surface area (Å²) in [5.74, 6) is 0.866. The van der Waals surface area contributed by atoms with Gasteiger partial charge in [0.1, 0.15) is 5.75 Å². The first-order valence-electron chi connectivity index (χ1n) is 9.73. The molecule has 0 amide bonds. The Bertz CT molecular complexity index is 1200. The van der Waals surface area contributed by atoms with Crippen molar-refractivity contribution in [3.8, 4) is 17.0 Å². The van der Waals surface area contributed by atoms with Crippen molar-refractivity contribution < 1.29 is 4.74 Å². The van der Waals surface area contributed by atoms with Crippen molar-refractivity contribution in [3.05, 3.63) is 70.2 Å². The maximum absolute atomic E-state index is 5.68. The van der Waals surface area contributed by atoms with E-state index in [-0.39, 0.29) is 0 Å². The van der Waals surface area contributed by atoms with Gasteiger partial charge in [-0.1, -0.05) is 30.3 Å². The first kappa shape index (κ1) is 17.7. The van der Waals surface area contributed by atoms with Gasteiger partial charge >= 0.3 is 0 Å². The Morgan fingerprint density at radius 1 is 1.07 bits per heavy atom. The highest BCUT2D eigenvalue weighted by atomic mass is 79.9. The van der Waals surface area contributed by atoms with E-state index in [1.165, 1.54) is 27.3 Å². The van der Waals surface area contributed by atoms with Gasteiger partial charge in [0, 0.05) is 17.5 Å². The number of fused-ring (bicyclic) bond motifs is 5. The number of hydrogen-bond acceptors (Lipinski definition) is 3. The summed E-state index contributed by atoms with van der Waals surface area (Å²) >= 11 is 3.66. The second-order valence-electron chi connectivity index (χ2n) is 7.10. The second kappa shape index (κ2) is 7.19. The maximum Gasteiger partial charge on any atom is 0.133 e. The number of hydrogen-bond donors (Lipinski definition) is 1. The zero-order valence-corrected chi connectivity index (χ0v) is 17.3. The highest BCUT2D eigenvalue weighted by Gasteiger charge is 2.21. The number of aromatic nitrogens is 1. The van der Waals surface area contributed by atoms with Gasteiger partial charge in [-0.05, 0) is 82.0 Å². The van der Waals surface area contributed by atoms with Gasteiger partial charge in [0.25, 0.3) is 0 Å². The molecular formula is C24H21BrN2O. The molecule has 0 spiro atoms. The van der Waals surface area contributed by atoms with Gasteiger partial charge in [-0.2, -0.15) is 0 Å². The highest BCUT2D eigenvalue weighted by Crippen LogP contribution is 2.37. The van der Waals surface area contributed by atoms with Gasteiger partial charge < -0.3 is 10.1 Å². The van der Waals surface area contributed by atoms with Crippen molar-refractivity contribution in [2.75, 3.05) is 13.2 Å². The lowest BCUT2D eigenvalue weighted by Crippen LogP contribution is -2.25. The number of pyridine rings is 1. The van der Waals surface area contributed by atoms with E-state index in [0.29, 0.717) is 6.61 Å². The molecule has 3 nitrogen and oxygen atoms in total. The number of nitrogens with one attached hydrogen (secondary N) is 1. The van der Waals surface area contributed by atoms with Crippen LogP contribution in [0.1, 0.15) is 18.1 Å². The molecular weight excluding hydrogens is 412 g/mol. The van der Waals surface area contributed by atoms with Crippen molar-refractivity contribution in [1.29, 1.82) is 0 Å². The van der Waals surface area contributed by atoms with Gasteiger partial charge in [0.05, 0.1) is 22.3 Å². The third-order valence-electron chi connectivity index (χ3n) is 5.45. The minimum atomic E-state index is 0.651. The number of nitrogens with zero attached hydrogens (tertiary/aromatic N) is 1. The van der Waals surface area contributed by atoms with Crippen LogP contribution < -0.4 is 10.1 Å². The summed E-state index contributed by atoms with van der Waals surface area (Å²) in [6.07, 6.45) is 1.02. The molecule has 0 saturated carbocycles. The van der Waals surface area contributed by atoms with Gasteiger partial charge in [0.15, 0.2) is 0 Å². The molecule has 0 aliphatic carbocycles. The van der Waals surface area contributed by atoms with Crippen LogP contribution >= 0.6 is 15.9 Å². The van der Waals surface area contributed by atoms with Crippen LogP contribution in [0.15, 0.2) is 59.1 Å². The first-order chi connectivity index (χ1) is 13.8. The largest absolute Gasteiger partial charge is 0.493 e. The quantitative estimate of drug-likeness (QED) is 0.411. The van der Waals surface area contributed by atoms with Gasteiger partial charge in [-0.25, -0.2) is 4.98 Å². The third kappa shape index (κ3) is 2.88. The molecule has 140 valence electrons.